The molecule has 0 amide bonds. The van der Waals surface area contributed by atoms with Crippen LogP contribution in [0.4, 0.5) is 0 Å². The molecule has 33 heavy (non-hydrogen) atoms. The van der Waals surface area contributed by atoms with Gasteiger partial charge in [0.25, 0.3) is 0 Å². The molecule has 1 aliphatic carbocycles. The van der Waals surface area contributed by atoms with E-state index in [1.54, 1.807) is 0 Å². The number of fused-ring (bicyclic) bond motifs is 1. The van der Waals surface area contributed by atoms with Gasteiger partial charge < -0.3 is 14.8 Å². The van der Waals surface area contributed by atoms with Crippen LogP contribution in [0.5, 0.6) is 5.75 Å². The molecule has 0 saturated heterocycles. The Labute approximate surface area is 200 Å². The summed E-state index contributed by atoms with van der Waals surface area (Å²) < 4.78 is 11.7. The number of esters is 1. The third kappa shape index (κ3) is 8.33. The zero-order valence-corrected chi connectivity index (χ0v) is 21.5. The second kappa shape index (κ2) is 10.9. The lowest BCUT2D eigenvalue weighted by molar-refractivity contribution is -0.154. The first-order valence-electron chi connectivity index (χ1n) is 12.6. The van der Waals surface area contributed by atoms with E-state index in [0.29, 0.717) is 24.5 Å². The van der Waals surface area contributed by atoms with Gasteiger partial charge in [0.15, 0.2) is 0 Å². The van der Waals surface area contributed by atoms with Crippen molar-refractivity contribution >= 4 is 16.7 Å². The lowest BCUT2D eigenvalue weighted by Crippen LogP contribution is -2.30. The van der Waals surface area contributed by atoms with Crippen molar-refractivity contribution in [2.24, 2.45) is 11.3 Å². The van der Waals surface area contributed by atoms with Gasteiger partial charge in [0.05, 0.1) is 12.5 Å². The number of carbonyl (C=O) groups is 1. The Hall–Kier alpha value is -2.07. The summed E-state index contributed by atoms with van der Waals surface area (Å²) in [6, 6.07) is 13.1. The molecule has 0 heterocycles. The topological polar surface area (TPSA) is 47.6 Å². The molecule has 0 unspecified atom stereocenters. The summed E-state index contributed by atoms with van der Waals surface area (Å²) in [5.41, 5.74) is 1.28. The summed E-state index contributed by atoms with van der Waals surface area (Å²) in [6.07, 6.45) is 6.50. The molecule has 0 spiro atoms. The van der Waals surface area contributed by atoms with Crippen LogP contribution in [0.3, 0.4) is 0 Å². The van der Waals surface area contributed by atoms with Gasteiger partial charge in [-0.3, -0.25) is 4.79 Å². The van der Waals surface area contributed by atoms with Crippen molar-refractivity contribution in [2.45, 2.75) is 91.8 Å². The van der Waals surface area contributed by atoms with Crippen LogP contribution in [-0.2, 0) is 16.0 Å². The van der Waals surface area contributed by atoms with E-state index in [0.717, 1.165) is 37.5 Å². The van der Waals surface area contributed by atoms with Crippen molar-refractivity contribution in [3.05, 3.63) is 42.0 Å². The summed E-state index contributed by atoms with van der Waals surface area (Å²) in [5, 5.41) is 5.81. The Morgan fingerprint density at radius 2 is 1.58 bits per heavy atom. The number of ether oxygens (including phenoxy) is 2. The zero-order chi connectivity index (χ0) is 24.1. The normalized spacial score (nSPS) is 19.5. The van der Waals surface area contributed by atoms with Gasteiger partial charge in [-0.1, -0.05) is 45.0 Å². The van der Waals surface area contributed by atoms with E-state index in [9.17, 15) is 4.79 Å². The van der Waals surface area contributed by atoms with Crippen molar-refractivity contribution < 1.29 is 14.3 Å². The van der Waals surface area contributed by atoms with E-state index in [-0.39, 0.29) is 5.97 Å². The quantitative estimate of drug-likeness (QED) is 0.357. The third-order valence-electron chi connectivity index (χ3n) is 6.59. The van der Waals surface area contributed by atoms with Crippen LogP contribution >= 0.6 is 0 Å². The monoisotopic (exact) mass is 453 g/mol. The molecular formula is C29H43NO3. The van der Waals surface area contributed by atoms with E-state index in [2.05, 4.69) is 62.5 Å². The van der Waals surface area contributed by atoms with Crippen LogP contribution in [0.2, 0.25) is 0 Å². The minimum atomic E-state index is -0.418. The zero-order valence-electron chi connectivity index (χ0n) is 21.5. The molecule has 1 N–H and O–H groups in total. The van der Waals surface area contributed by atoms with E-state index in [4.69, 9.17) is 9.47 Å². The maximum Gasteiger partial charge on any atom is 0.307 e. The Bertz CT molecular complexity index is 915. The average molecular weight is 454 g/mol. The fourth-order valence-electron chi connectivity index (χ4n) is 4.68. The van der Waals surface area contributed by atoms with E-state index in [1.807, 2.05) is 20.8 Å². The standard InChI is InChI=1S/C29H43NO3/c1-28(2,3)24-10-13-25(14-11-24)32-26-12-9-22-19-21(7-8-23(22)20-26)15-17-30-18-16-27(31)33-29(4,5)6/h7-9,12,19-20,24-25,30H,10-11,13-18H2,1-6H3/t24-,25-. The van der Waals surface area contributed by atoms with Gasteiger partial charge >= 0.3 is 5.97 Å². The van der Waals surface area contributed by atoms with Crippen LogP contribution in [0.25, 0.3) is 10.8 Å². The molecule has 182 valence electrons. The minimum Gasteiger partial charge on any atom is -0.490 e. The van der Waals surface area contributed by atoms with Gasteiger partial charge in [-0.05, 0) is 99.2 Å². The Balaban J connectivity index is 1.44. The van der Waals surface area contributed by atoms with Crippen LogP contribution in [-0.4, -0.2) is 30.8 Å². The maximum atomic E-state index is 11.8. The van der Waals surface area contributed by atoms with Crippen LogP contribution < -0.4 is 10.1 Å². The number of benzene rings is 2. The summed E-state index contributed by atoms with van der Waals surface area (Å²) in [5.74, 6) is 1.64. The van der Waals surface area contributed by atoms with Gasteiger partial charge in [0.2, 0.25) is 0 Å². The SMILES string of the molecule is CC(C)(C)OC(=O)CCNCCc1ccc2cc(O[C@H]3CC[C@H](C(C)(C)C)CC3)ccc2c1. The second-order valence-electron chi connectivity index (χ2n) is 11.6. The molecule has 0 aromatic heterocycles. The lowest BCUT2D eigenvalue weighted by atomic mass is 9.72. The Kier molecular flexibility index (Phi) is 8.44. The van der Waals surface area contributed by atoms with Crippen LogP contribution in [0.1, 0.15) is 79.2 Å². The van der Waals surface area contributed by atoms with Gasteiger partial charge in [-0.25, -0.2) is 0 Å². The third-order valence-corrected chi connectivity index (χ3v) is 6.59. The highest BCUT2D eigenvalue weighted by molar-refractivity contribution is 5.84. The molecule has 1 saturated carbocycles. The summed E-state index contributed by atoms with van der Waals surface area (Å²) in [6.45, 7) is 14.2. The molecular weight excluding hydrogens is 410 g/mol. The molecule has 0 atom stereocenters. The molecule has 2 aromatic rings. The van der Waals surface area contributed by atoms with Crippen molar-refractivity contribution in [2.75, 3.05) is 13.1 Å². The van der Waals surface area contributed by atoms with Gasteiger partial charge in [-0.15, -0.1) is 0 Å². The van der Waals surface area contributed by atoms with Crippen LogP contribution in [0, 0.1) is 11.3 Å². The van der Waals surface area contributed by atoms with Crippen molar-refractivity contribution in [1.29, 1.82) is 0 Å². The smallest absolute Gasteiger partial charge is 0.307 e. The number of hydrogen-bond acceptors (Lipinski definition) is 4. The average Bonchev–Trinajstić information content (AvgIpc) is 2.72. The molecule has 4 heteroatoms. The maximum absolute atomic E-state index is 11.8. The minimum absolute atomic E-state index is 0.152. The largest absolute Gasteiger partial charge is 0.490 e. The highest BCUT2D eigenvalue weighted by Gasteiger charge is 2.30. The predicted octanol–water partition coefficient (Wildman–Crippen LogP) is 6.69. The number of hydrogen-bond donors (Lipinski definition) is 1. The summed E-state index contributed by atoms with van der Waals surface area (Å²) in [4.78, 5) is 11.8. The summed E-state index contributed by atoms with van der Waals surface area (Å²) >= 11 is 0. The molecule has 0 radical (unpaired) electrons. The molecule has 3 rings (SSSR count). The molecule has 1 fully saturated rings. The number of nitrogens with one attached hydrogen (secondary N) is 1. The summed E-state index contributed by atoms with van der Waals surface area (Å²) in [7, 11) is 0. The van der Waals surface area contributed by atoms with Gasteiger partial charge in [-0.2, -0.15) is 0 Å². The van der Waals surface area contributed by atoms with Crippen molar-refractivity contribution in [3.8, 4) is 5.75 Å². The highest BCUT2D eigenvalue weighted by Crippen LogP contribution is 2.39. The van der Waals surface area contributed by atoms with Crippen molar-refractivity contribution in [1.82, 2.24) is 5.32 Å². The van der Waals surface area contributed by atoms with E-state index < -0.39 is 5.60 Å². The fraction of sp³-hybridized carbons (Fsp3) is 0.621. The highest BCUT2D eigenvalue weighted by atomic mass is 16.6. The van der Waals surface area contributed by atoms with Crippen LogP contribution in [0.15, 0.2) is 36.4 Å². The predicted molar refractivity (Wildman–Crippen MR) is 137 cm³/mol. The van der Waals surface area contributed by atoms with E-state index >= 15 is 0 Å². The fourth-order valence-corrected chi connectivity index (χ4v) is 4.68. The van der Waals surface area contributed by atoms with Crippen molar-refractivity contribution in [3.63, 3.8) is 0 Å². The molecule has 2 aromatic carbocycles. The molecule has 1 aliphatic rings. The molecule has 0 bridgehead atoms. The lowest BCUT2D eigenvalue weighted by Gasteiger charge is -2.37. The Morgan fingerprint density at radius 1 is 0.909 bits per heavy atom. The number of rotatable bonds is 8. The molecule has 0 aliphatic heterocycles. The first kappa shape index (κ1) is 25.6. The van der Waals surface area contributed by atoms with Gasteiger partial charge in [0, 0.05) is 6.54 Å². The van der Waals surface area contributed by atoms with Gasteiger partial charge in [0.1, 0.15) is 11.4 Å². The van der Waals surface area contributed by atoms with E-state index in [1.165, 1.54) is 29.2 Å². The first-order valence-corrected chi connectivity index (χ1v) is 12.6. The number of carbonyl (C=O) groups excluding carboxylic acids is 1. The first-order chi connectivity index (χ1) is 15.5. The second-order valence-corrected chi connectivity index (χ2v) is 11.6. The Morgan fingerprint density at radius 3 is 2.24 bits per heavy atom. The molecule has 4 nitrogen and oxygen atoms in total.